The first-order valence-electron chi connectivity index (χ1n) is 7.51. The summed E-state index contributed by atoms with van der Waals surface area (Å²) in [5.74, 6) is 0.164. The number of hydrogen-bond donors (Lipinski definition) is 0. The molecule has 0 atom stereocenters. The van der Waals surface area contributed by atoms with Gasteiger partial charge in [0.15, 0.2) is 10.8 Å². The van der Waals surface area contributed by atoms with Gasteiger partial charge in [-0.15, -0.1) is 0 Å². The van der Waals surface area contributed by atoms with Gasteiger partial charge in [0.25, 0.3) is 5.56 Å². The Bertz CT molecular complexity index is 920. The molecule has 0 aliphatic carbocycles. The highest BCUT2D eigenvalue weighted by Crippen LogP contribution is 2.15. The minimum atomic E-state index is -0.214. The van der Waals surface area contributed by atoms with Crippen LogP contribution < -0.4 is 5.56 Å². The molecule has 0 fully saturated rings. The Labute approximate surface area is 144 Å². The van der Waals surface area contributed by atoms with Crippen LogP contribution >= 0.6 is 11.8 Å². The van der Waals surface area contributed by atoms with Gasteiger partial charge in [0.1, 0.15) is 0 Å². The molecule has 0 aliphatic heterocycles. The Morgan fingerprint density at radius 1 is 1.12 bits per heavy atom. The number of hydrogen-bond acceptors (Lipinski definition) is 4. The number of Topliss-reactive ketones (excluding diaryl/α,β-unsaturated/α-hetero) is 1. The second-order valence-corrected chi connectivity index (χ2v) is 6.29. The van der Waals surface area contributed by atoms with Crippen molar-refractivity contribution in [2.24, 2.45) is 0 Å². The number of ketones is 1. The largest absolute Gasteiger partial charge is 0.293 e. The Morgan fingerprint density at radius 3 is 2.67 bits per heavy atom. The number of rotatable bonds is 5. The molecule has 3 rings (SSSR count). The molecule has 1 heterocycles. The van der Waals surface area contributed by atoms with Crippen molar-refractivity contribution in [2.75, 3.05) is 5.75 Å². The molecule has 120 valence electrons. The zero-order chi connectivity index (χ0) is 16.9. The fourth-order valence-electron chi connectivity index (χ4n) is 2.32. The van der Waals surface area contributed by atoms with E-state index in [-0.39, 0.29) is 17.1 Å². The Hall–Kier alpha value is -2.66. The third-order valence-electron chi connectivity index (χ3n) is 3.52. The van der Waals surface area contributed by atoms with Crippen LogP contribution in [0.5, 0.6) is 0 Å². The van der Waals surface area contributed by atoms with Crippen molar-refractivity contribution < 1.29 is 4.79 Å². The first-order valence-corrected chi connectivity index (χ1v) is 8.49. The lowest BCUT2D eigenvalue weighted by atomic mass is 10.2. The maximum Gasteiger partial charge on any atom is 0.287 e. The van der Waals surface area contributed by atoms with E-state index in [1.807, 2.05) is 49.4 Å². The maximum absolute atomic E-state index is 12.6. The van der Waals surface area contributed by atoms with Gasteiger partial charge in [0.05, 0.1) is 5.75 Å². The number of thioether (sulfide) groups is 1. The van der Waals surface area contributed by atoms with E-state index in [0.29, 0.717) is 10.6 Å². The summed E-state index contributed by atoms with van der Waals surface area (Å²) in [6, 6.07) is 16.7. The molecule has 0 spiro atoms. The van der Waals surface area contributed by atoms with E-state index in [2.05, 4.69) is 4.98 Å². The predicted molar refractivity (Wildman–Crippen MR) is 96.1 cm³/mol. The van der Waals surface area contributed by atoms with Gasteiger partial charge in [0, 0.05) is 23.6 Å². The molecule has 0 bridgehead atoms. The maximum atomic E-state index is 12.6. The van der Waals surface area contributed by atoms with Crippen molar-refractivity contribution in [1.29, 1.82) is 0 Å². The average Bonchev–Trinajstić information content (AvgIpc) is 2.61. The van der Waals surface area contributed by atoms with Crippen LogP contribution in [-0.4, -0.2) is 21.1 Å². The van der Waals surface area contributed by atoms with Crippen molar-refractivity contribution in [1.82, 2.24) is 9.55 Å². The zero-order valence-corrected chi connectivity index (χ0v) is 14.0. The molecule has 3 aromatic rings. The van der Waals surface area contributed by atoms with Gasteiger partial charge in [-0.3, -0.25) is 14.2 Å². The van der Waals surface area contributed by atoms with Crippen LogP contribution in [0.1, 0.15) is 15.9 Å². The fraction of sp³-hybridized carbons (Fsp3) is 0.105. The smallest absolute Gasteiger partial charge is 0.287 e. The number of aryl methyl sites for hydroxylation is 1. The molecule has 24 heavy (non-hydrogen) atoms. The normalized spacial score (nSPS) is 10.5. The molecule has 5 heteroatoms. The van der Waals surface area contributed by atoms with Crippen LogP contribution in [0, 0.1) is 6.92 Å². The topological polar surface area (TPSA) is 52.0 Å². The molecule has 2 aromatic carbocycles. The van der Waals surface area contributed by atoms with E-state index in [1.54, 1.807) is 29.1 Å². The summed E-state index contributed by atoms with van der Waals surface area (Å²) in [5, 5.41) is 0.322. The Balaban J connectivity index is 1.81. The standard InChI is InChI=1S/C19H16N2O2S/c1-14-6-5-9-16(12-14)21-11-10-20-18(19(21)23)24-13-17(22)15-7-3-2-4-8-15/h2-12H,13H2,1H3. The number of benzene rings is 2. The minimum Gasteiger partial charge on any atom is -0.293 e. The summed E-state index contributed by atoms with van der Waals surface area (Å²) < 4.78 is 1.55. The van der Waals surface area contributed by atoms with Crippen LogP contribution in [0.25, 0.3) is 5.69 Å². The van der Waals surface area contributed by atoms with E-state index < -0.39 is 0 Å². The monoisotopic (exact) mass is 336 g/mol. The summed E-state index contributed by atoms with van der Waals surface area (Å²) in [6.45, 7) is 1.98. The molecule has 0 saturated heterocycles. The first kappa shape index (κ1) is 16.2. The van der Waals surface area contributed by atoms with Crippen molar-refractivity contribution in [2.45, 2.75) is 11.9 Å². The summed E-state index contributed by atoms with van der Waals surface area (Å²) in [5.41, 5.74) is 2.29. The molecule has 0 aliphatic rings. The molecule has 1 aromatic heterocycles. The Kier molecular flexibility index (Phi) is 4.91. The summed E-state index contributed by atoms with van der Waals surface area (Å²) >= 11 is 1.17. The average molecular weight is 336 g/mol. The SMILES string of the molecule is Cc1cccc(-n2ccnc(SCC(=O)c3ccccc3)c2=O)c1. The molecule has 0 amide bonds. The van der Waals surface area contributed by atoms with Gasteiger partial charge in [-0.05, 0) is 24.6 Å². The van der Waals surface area contributed by atoms with Gasteiger partial charge in [-0.2, -0.15) is 0 Å². The van der Waals surface area contributed by atoms with Gasteiger partial charge in [-0.1, -0.05) is 54.2 Å². The summed E-state index contributed by atoms with van der Waals surface area (Å²) in [6.07, 6.45) is 3.22. The lowest BCUT2D eigenvalue weighted by Gasteiger charge is -2.08. The number of carbonyl (C=O) groups excluding carboxylic acids is 1. The predicted octanol–water partition coefficient (Wildman–Crippen LogP) is 3.52. The quantitative estimate of drug-likeness (QED) is 0.528. The second-order valence-electron chi connectivity index (χ2n) is 5.32. The third-order valence-corrected chi connectivity index (χ3v) is 4.48. The molecule has 0 N–H and O–H groups in total. The van der Waals surface area contributed by atoms with Crippen LogP contribution in [-0.2, 0) is 0 Å². The summed E-state index contributed by atoms with van der Waals surface area (Å²) in [7, 11) is 0. The third kappa shape index (κ3) is 3.63. The minimum absolute atomic E-state index is 0.0206. The van der Waals surface area contributed by atoms with Crippen LogP contribution in [0.4, 0.5) is 0 Å². The number of nitrogens with zero attached hydrogens (tertiary/aromatic N) is 2. The van der Waals surface area contributed by atoms with Crippen molar-refractivity contribution in [3.8, 4) is 5.69 Å². The molecular weight excluding hydrogens is 320 g/mol. The second kappa shape index (κ2) is 7.27. The summed E-state index contributed by atoms with van der Waals surface area (Å²) in [4.78, 5) is 28.9. The van der Waals surface area contributed by atoms with Gasteiger partial charge in [-0.25, -0.2) is 4.98 Å². The fourth-order valence-corrected chi connectivity index (χ4v) is 3.11. The highest BCUT2D eigenvalue weighted by Gasteiger charge is 2.11. The number of carbonyl (C=O) groups is 1. The number of aromatic nitrogens is 2. The molecule has 0 saturated carbocycles. The lowest BCUT2D eigenvalue weighted by molar-refractivity contribution is 0.102. The molecule has 0 radical (unpaired) electrons. The van der Waals surface area contributed by atoms with Gasteiger partial charge < -0.3 is 0 Å². The Morgan fingerprint density at radius 2 is 1.92 bits per heavy atom. The molecule has 0 unspecified atom stereocenters. The molecular formula is C19H16N2O2S. The van der Waals surface area contributed by atoms with Gasteiger partial charge >= 0.3 is 0 Å². The van der Waals surface area contributed by atoms with Gasteiger partial charge in [0.2, 0.25) is 0 Å². The van der Waals surface area contributed by atoms with E-state index >= 15 is 0 Å². The van der Waals surface area contributed by atoms with E-state index in [0.717, 1.165) is 11.3 Å². The van der Waals surface area contributed by atoms with Crippen molar-refractivity contribution >= 4 is 17.5 Å². The zero-order valence-electron chi connectivity index (χ0n) is 13.2. The van der Waals surface area contributed by atoms with Crippen molar-refractivity contribution in [3.05, 3.63) is 88.5 Å². The first-order chi connectivity index (χ1) is 11.6. The van der Waals surface area contributed by atoms with E-state index in [4.69, 9.17) is 0 Å². The van der Waals surface area contributed by atoms with Crippen molar-refractivity contribution in [3.63, 3.8) is 0 Å². The lowest BCUT2D eigenvalue weighted by Crippen LogP contribution is -2.21. The van der Waals surface area contributed by atoms with Crippen LogP contribution in [0.15, 0.2) is 76.8 Å². The van der Waals surface area contributed by atoms with Crippen LogP contribution in [0.2, 0.25) is 0 Å². The van der Waals surface area contributed by atoms with E-state index in [9.17, 15) is 9.59 Å². The highest BCUT2D eigenvalue weighted by atomic mass is 32.2. The van der Waals surface area contributed by atoms with E-state index in [1.165, 1.54) is 11.8 Å². The van der Waals surface area contributed by atoms with Crippen LogP contribution in [0.3, 0.4) is 0 Å². The highest BCUT2D eigenvalue weighted by molar-refractivity contribution is 7.99. The molecule has 4 nitrogen and oxygen atoms in total.